The maximum Gasteiger partial charge on any atom is 0.261 e. The summed E-state index contributed by atoms with van der Waals surface area (Å²) in [7, 11) is 1.53. The van der Waals surface area contributed by atoms with Crippen LogP contribution in [0, 0.1) is 0 Å². The first-order valence-corrected chi connectivity index (χ1v) is 8.03. The van der Waals surface area contributed by atoms with Crippen LogP contribution < -0.4 is 4.74 Å². The molecule has 0 aliphatic rings. The predicted octanol–water partition coefficient (Wildman–Crippen LogP) is 4.17. The van der Waals surface area contributed by atoms with Gasteiger partial charge in [0.1, 0.15) is 11.5 Å². The molecule has 0 saturated carbocycles. The van der Waals surface area contributed by atoms with Crippen molar-refractivity contribution in [2.45, 2.75) is 4.90 Å². The highest BCUT2D eigenvalue weighted by atomic mass is 79.9. The van der Waals surface area contributed by atoms with Gasteiger partial charge in [0, 0.05) is 15.2 Å². The Bertz CT molecular complexity index is 636. The van der Waals surface area contributed by atoms with Gasteiger partial charge in [-0.05, 0) is 48.5 Å². The largest absolute Gasteiger partial charge is 0.457 e. The van der Waals surface area contributed by atoms with E-state index in [9.17, 15) is 8.42 Å². The van der Waals surface area contributed by atoms with Gasteiger partial charge in [-0.2, -0.15) is 0 Å². The Morgan fingerprint density at radius 3 is 1.78 bits per heavy atom. The van der Waals surface area contributed by atoms with Crippen molar-refractivity contribution < 1.29 is 13.2 Å². The van der Waals surface area contributed by atoms with E-state index >= 15 is 0 Å². The summed E-state index contributed by atoms with van der Waals surface area (Å²) < 4.78 is 28.6. The third kappa shape index (κ3) is 3.48. The van der Waals surface area contributed by atoms with E-state index in [1.54, 1.807) is 24.3 Å². The third-order valence-electron chi connectivity index (χ3n) is 2.15. The zero-order chi connectivity index (χ0) is 13.2. The molecule has 2 aromatic carbocycles. The average Bonchev–Trinajstić information content (AvgIpc) is 2.32. The predicted molar refractivity (Wildman–Crippen MR) is 73.7 cm³/mol. The number of halogens is 2. The lowest BCUT2D eigenvalue weighted by molar-refractivity contribution is 0.482. The van der Waals surface area contributed by atoms with Gasteiger partial charge >= 0.3 is 0 Å². The van der Waals surface area contributed by atoms with Gasteiger partial charge < -0.3 is 4.74 Å². The molecular weight excluding hydrogens is 340 g/mol. The van der Waals surface area contributed by atoms with E-state index in [0.29, 0.717) is 11.5 Å². The lowest BCUT2D eigenvalue weighted by Gasteiger charge is -2.05. The van der Waals surface area contributed by atoms with E-state index in [4.69, 9.17) is 15.4 Å². The molecule has 94 valence electrons. The molecule has 2 aromatic rings. The summed E-state index contributed by atoms with van der Waals surface area (Å²) in [6.45, 7) is 0. The summed E-state index contributed by atoms with van der Waals surface area (Å²) in [5, 5.41) is 0. The quantitative estimate of drug-likeness (QED) is 0.783. The lowest BCUT2D eigenvalue weighted by Crippen LogP contribution is -1.90. The Morgan fingerprint density at radius 1 is 0.889 bits per heavy atom. The van der Waals surface area contributed by atoms with Gasteiger partial charge in [-0.3, -0.25) is 0 Å². The first-order chi connectivity index (χ1) is 8.45. The molecule has 0 radical (unpaired) electrons. The fourth-order valence-electron chi connectivity index (χ4n) is 1.31. The van der Waals surface area contributed by atoms with Gasteiger partial charge in [-0.15, -0.1) is 0 Å². The van der Waals surface area contributed by atoms with Crippen LogP contribution in [0.5, 0.6) is 11.5 Å². The van der Waals surface area contributed by atoms with Gasteiger partial charge in [0.2, 0.25) is 0 Å². The summed E-state index contributed by atoms with van der Waals surface area (Å²) in [6.07, 6.45) is 0. The molecule has 0 aromatic heterocycles. The van der Waals surface area contributed by atoms with Crippen molar-refractivity contribution in [3.05, 3.63) is 53.0 Å². The smallest absolute Gasteiger partial charge is 0.261 e. The van der Waals surface area contributed by atoms with Crippen molar-refractivity contribution in [3.63, 3.8) is 0 Å². The van der Waals surface area contributed by atoms with Crippen molar-refractivity contribution in [1.29, 1.82) is 0 Å². The summed E-state index contributed by atoms with van der Waals surface area (Å²) in [5.41, 5.74) is 0. The minimum Gasteiger partial charge on any atom is -0.457 e. The minimum atomic E-state index is -3.69. The van der Waals surface area contributed by atoms with Gasteiger partial charge in [0.15, 0.2) is 0 Å². The molecule has 0 spiro atoms. The van der Waals surface area contributed by atoms with Crippen molar-refractivity contribution in [3.8, 4) is 11.5 Å². The Balaban J connectivity index is 2.18. The fraction of sp³-hybridized carbons (Fsp3) is 0. The molecule has 0 atom stereocenters. The average molecular weight is 348 g/mol. The van der Waals surface area contributed by atoms with Gasteiger partial charge in [-0.1, -0.05) is 15.9 Å². The monoisotopic (exact) mass is 346 g/mol. The molecule has 3 nitrogen and oxygen atoms in total. The van der Waals surface area contributed by atoms with Crippen molar-refractivity contribution in [2.24, 2.45) is 0 Å². The Kier molecular flexibility index (Phi) is 3.94. The maximum atomic E-state index is 11.1. The number of hydrogen-bond acceptors (Lipinski definition) is 3. The van der Waals surface area contributed by atoms with E-state index in [2.05, 4.69) is 15.9 Å². The van der Waals surface area contributed by atoms with E-state index in [1.165, 1.54) is 12.1 Å². The SMILES string of the molecule is O=S(=O)(Cl)c1ccc(Oc2ccc(Br)cc2)cc1. The fourth-order valence-corrected chi connectivity index (χ4v) is 2.34. The van der Waals surface area contributed by atoms with Gasteiger partial charge in [0.25, 0.3) is 9.05 Å². The van der Waals surface area contributed by atoms with E-state index in [1.807, 2.05) is 12.1 Å². The number of hydrogen-bond donors (Lipinski definition) is 0. The molecule has 0 fully saturated rings. The molecule has 0 amide bonds. The van der Waals surface area contributed by atoms with Crippen molar-refractivity contribution in [2.75, 3.05) is 0 Å². The van der Waals surface area contributed by atoms with Crippen LogP contribution in [0.25, 0.3) is 0 Å². The normalized spacial score (nSPS) is 11.2. The molecule has 6 heteroatoms. The zero-order valence-electron chi connectivity index (χ0n) is 9.01. The number of rotatable bonds is 3. The summed E-state index contributed by atoms with van der Waals surface area (Å²) in [6, 6.07) is 13.2. The third-order valence-corrected chi connectivity index (χ3v) is 4.05. The van der Waals surface area contributed by atoms with Gasteiger partial charge in [-0.25, -0.2) is 8.42 Å². The van der Waals surface area contributed by atoms with Crippen LogP contribution in [0.3, 0.4) is 0 Å². The Morgan fingerprint density at radius 2 is 1.33 bits per heavy atom. The Labute approximate surface area is 118 Å². The molecule has 0 unspecified atom stereocenters. The first-order valence-electron chi connectivity index (χ1n) is 4.93. The Hall–Kier alpha value is -1.04. The number of benzene rings is 2. The highest BCUT2D eigenvalue weighted by Crippen LogP contribution is 2.25. The van der Waals surface area contributed by atoms with E-state index in [-0.39, 0.29) is 4.90 Å². The molecule has 0 aliphatic carbocycles. The van der Waals surface area contributed by atoms with Crippen LogP contribution in [-0.2, 0) is 9.05 Å². The molecule has 2 rings (SSSR count). The van der Waals surface area contributed by atoms with Crippen LogP contribution in [0.1, 0.15) is 0 Å². The van der Waals surface area contributed by atoms with Crippen LogP contribution in [-0.4, -0.2) is 8.42 Å². The summed E-state index contributed by atoms with van der Waals surface area (Å²) in [4.78, 5) is 0.0484. The first kappa shape index (κ1) is 13.4. The van der Waals surface area contributed by atoms with Crippen LogP contribution in [0.15, 0.2) is 57.9 Å². The molecule has 0 aliphatic heterocycles. The van der Waals surface area contributed by atoms with E-state index < -0.39 is 9.05 Å². The van der Waals surface area contributed by atoms with Crippen LogP contribution in [0.2, 0.25) is 0 Å². The minimum absolute atomic E-state index is 0.0484. The lowest BCUT2D eigenvalue weighted by atomic mass is 10.3. The molecule has 0 bridgehead atoms. The highest BCUT2D eigenvalue weighted by Gasteiger charge is 2.09. The second-order valence-electron chi connectivity index (χ2n) is 3.47. The van der Waals surface area contributed by atoms with E-state index in [0.717, 1.165) is 4.47 Å². The molecule has 0 heterocycles. The summed E-state index contributed by atoms with van der Waals surface area (Å²) >= 11 is 3.33. The van der Waals surface area contributed by atoms with Crippen molar-refractivity contribution >= 4 is 35.7 Å². The molecule has 0 N–H and O–H groups in total. The zero-order valence-corrected chi connectivity index (χ0v) is 12.2. The molecular formula is C12H8BrClO3S. The summed E-state index contributed by atoms with van der Waals surface area (Å²) in [5.74, 6) is 1.21. The van der Waals surface area contributed by atoms with Crippen molar-refractivity contribution in [1.82, 2.24) is 0 Å². The second-order valence-corrected chi connectivity index (χ2v) is 6.95. The topological polar surface area (TPSA) is 43.4 Å². The van der Waals surface area contributed by atoms with Crippen LogP contribution in [0.4, 0.5) is 0 Å². The standard InChI is InChI=1S/C12H8BrClO3S/c13-9-1-3-10(4-2-9)17-11-5-7-12(8-6-11)18(14,15)16/h1-8H. The number of ether oxygens (including phenoxy) is 1. The maximum absolute atomic E-state index is 11.1. The van der Waals surface area contributed by atoms with Gasteiger partial charge in [0.05, 0.1) is 4.90 Å². The molecule has 0 saturated heterocycles. The van der Waals surface area contributed by atoms with Crippen LogP contribution >= 0.6 is 26.6 Å². The second kappa shape index (κ2) is 5.30. The highest BCUT2D eigenvalue weighted by molar-refractivity contribution is 9.10. The molecule has 18 heavy (non-hydrogen) atoms.